The smallest absolute Gasteiger partial charge is 0.252 e. The average molecular weight is 1300 g/mol. The Kier molecular flexibility index (Phi) is 27.5. The van der Waals surface area contributed by atoms with E-state index < -0.39 is 96.2 Å². The van der Waals surface area contributed by atoms with E-state index in [1.807, 2.05) is 68.4 Å². The lowest BCUT2D eigenvalue weighted by atomic mass is 9.99. The molecule has 94 heavy (non-hydrogen) atoms. The molecule has 0 saturated carbocycles. The monoisotopic (exact) mass is 1300 g/mol. The Morgan fingerprint density at radius 2 is 1.10 bits per heavy atom. The Morgan fingerprint density at radius 3 is 1.72 bits per heavy atom. The number of carbonyl (C=O) groups is 9. The fourth-order valence-electron chi connectivity index (χ4n) is 10.5. The maximum atomic E-state index is 15.0. The van der Waals surface area contributed by atoms with Gasteiger partial charge in [-0.25, -0.2) is 0 Å². The van der Waals surface area contributed by atoms with E-state index in [1.54, 1.807) is 67.0 Å². The van der Waals surface area contributed by atoms with Crippen LogP contribution in [0.1, 0.15) is 84.8 Å². The number of aliphatic hydroxyl groups is 1. The second-order valence-corrected chi connectivity index (χ2v) is 23.8. The van der Waals surface area contributed by atoms with E-state index in [1.165, 1.54) is 56.8 Å². The lowest BCUT2D eigenvalue weighted by molar-refractivity contribution is -0.144. The third-order valence-electron chi connectivity index (χ3n) is 15.5. The summed E-state index contributed by atoms with van der Waals surface area (Å²) in [5, 5.41) is 45.8. The summed E-state index contributed by atoms with van der Waals surface area (Å²) in [6.07, 6.45) is 8.42. The maximum Gasteiger partial charge on any atom is 0.252 e. The summed E-state index contributed by atoms with van der Waals surface area (Å²) in [6, 6.07) is 28.1. The van der Waals surface area contributed by atoms with Gasteiger partial charge in [0.05, 0.1) is 12.2 Å². The van der Waals surface area contributed by atoms with E-state index in [0.717, 1.165) is 26.9 Å². The van der Waals surface area contributed by atoms with Gasteiger partial charge in [-0.15, -0.1) is 0 Å². The van der Waals surface area contributed by atoms with Crippen LogP contribution in [0, 0.1) is 5.92 Å². The van der Waals surface area contributed by atoms with Crippen molar-refractivity contribution in [1.29, 1.82) is 0 Å². The largest absolute Gasteiger partial charge is 0.508 e. The Morgan fingerprint density at radius 1 is 0.521 bits per heavy atom. The van der Waals surface area contributed by atoms with Crippen molar-refractivity contribution in [3.63, 3.8) is 0 Å². The first kappa shape index (κ1) is 71.3. The number of benzene rings is 4. The molecule has 0 aliphatic carbocycles. The summed E-state index contributed by atoms with van der Waals surface area (Å²) in [5.74, 6) is -6.47. The molecule has 0 aliphatic heterocycles. The number of halogens is 1. The number of carbonyl (C=O) groups excluding carboxylic acids is 9. The molecule has 3 heterocycles. The van der Waals surface area contributed by atoms with E-state index in [0.29, 0.717) is 40.1 Å². The molecule has 0 radical (unpaired) electrons. The number of amides is 9. The van der Waals surface area contributed by atoms with Crippen LogP contribution in [-0.4, -0.2) is 152 Å². The molecule has 24 heteroatoms. The Hall–Kier alpha value is -10.1. The third-order valence-corrected chi connectivity index (χ3v) is 15.8. The van der Waals surface area contributed by atoms with E-state index >= 15 is 4.79 Å². The zero-order chi connectivity index (χ0) is 67.5. The van der Waals surface area contributed by atoms with Gasteiger partial charge >= 0.3 is 0 Å². The van der Waals surface area contributed by atoms with Crippen LogP contribution in [0.5, 0.6) is 5.75 Å². The number of phenols is 1. The van der Waals surface area contributed by atoms with Crippen molar-refractivity contribution in [2.75, 3.05) is 26.7 Å². The van der Waals surface area contributed by atoms with Gasteiger partial charge in [0.1, 0.15) is 48.0 Å². The van der Waals surface area contributed by atoms with Gasteiger partial charge in [-0.1, -0.05) is 104 Å². The minimum Gasteiger partial charge on any atom is -0.508 e. The minimum atomic E-state index is -1.76. The molecule has 0 unspecified atom stereocenters. The van der Waals surface area contributed by atoms with Crippen molar-refractivity contribution in [1.82, 2.24) is 62.4 Å². The van der Waals surface area contributed by atoms with Gasteiger partial charge in [0, 0.05) is 101 Å². The second kappa shape index (κ2) is 36.2. The Bertz CT molecular complexity index is 3670. The standard InChI is InChI=1S/C70H81ClN12O11/c1-44(2)35-57(64(88)76-34-29-54-17-7-9-32-74-54)79-65(89)56(18-8-10-33-75-63(87)52-16-12-31-73-42-52)78-69(93)62(40-47-22-27-55(86)28-23-47)83(4)70(94)61(43-84)82-68(92)60(39-49-13-11-30-72-41-49)81-67(91)59(37-46-20-25-53(71)26-21-46)80-66(90)58(77-45(3)85)38-48-19-24-50-14-5-6-15-51(50)36-48/h5-7,9,11-17,19-28,30-32,36,41-42,44,56-62,84,86H,8,10,18,29,33-35,37-40,43H2,1-4H3,(H,75,87)(H,76,88)(H,77,85)(H,78,93)(H,79,89)(H,80,90)(H,81,91)(H,82,92)/t56-,57+,58-,59-,60-,61+,62+/m1/s1. The first-order valence-electron chi connectivity index (χ1n) is 31.1. The summed E-state index contributed by atoms with van der Waals surface area (Å²) in [5.41, 5.74) is 3.34. The number of aromatic hydroxyl groups is 1. The van der Waals surface area contributed by atoms with Crippen LogP contribution in [-0.2, 0) is 70.5 Å². The highest BCUT2D eigenvalue weighted by Crippen LogP contribution is 2.20. The van der Waals surface area contributed by atoms with E-state index in [2.05, 4.69) is 57.5 Å². The fraction of sp³-hybridized carbons (Fsp3) is 0.343. The number of aliphatic hydroxyl groups excluding tert-OH is 1. The lowest BCUT2D eigenvalue weighted by Gasteiger charge is -2.32. The summed E-state index contributed by atoms with van der Waals surface area (Å²) in [7, 11) is 1.28. The van der Waals surface area contributed by atoms with Crippen molar-refractivity contribution in [3.8, 4) is 5.75 Å². The Labute approximate surface area is 551 Å². The van der Waals surface area contributed by atoms with Gasteiger partial charge in [0.15, 0.2) is 0 Å². The van der Waals surface area contributed by atoms with Crippen molar-refractivity contribution in [2.45, 2.75) is 121 Å². The third kappa shape index (κ3) is 22.6. The molecule has 0 saturated heterocycles. The highest BCUT2D eigenvalue weighted by atomic mass is 35.5. The Balaban J connectivity index is 1.12. The summed E-state index contributed by atoms with van der Waals surface area (Å²) < 4.78 is 0. The van der Waals surface area contributed by atoms with Crippen molar-refractivity contribution < 1.29 is 53.4 Å². The van der Waals surface area contributed by atoms with E-state index in [9.17, 15) is 48.6 Å². The lowest BCUT2D eigenvalue weighted by Crippen LogP contribution is -2.61. The normalized spacial score (nSPS) is 13.3. The molecule has 0 fully saturated rings. The number of nitrogens with one attached hydrogen (secondary N) is 8. The van der Waals surface area contributed by atoms with Crippen LogP contribution in [0.2, 0.25) is 5.02 Å². The summed E-state index contributed by atoms with van der Waals surface area (Å²) >= 11 is 6.24. The quantitative estimate of drug-likeness (QED) is 0.0250. The summed E-state index contributed by atoms with van der Waals surface area (Å²) in [6.45, 7) is 4.47. The maximum absolute atomic E-state index is 15.0. The van der Waals surface area contributed by atoms with Crippen LogP contribution in [0.25, 0.3) is 10.8 Å². The van der Waals surface area contributed by atoms with Crippen molar-refractivity contribution in [3.05, 3.63) is 203 Å². The van der Waals surface area contributed by atoms with Gasteiger partial charge in [-0.3, -0.25) is 58.1 Å². The molecule has 9 amide bonds. The molecule has 0 spiro atoms. The molecule has 7 rings (SSSR count). The minimum absolute atomic E-state index is 0.00439. The number of fused-ring (bicyclic) bond motifs is 1. The van der Waals surface area contributed by atoms with E-state index in [-0.39, 0.29) is 75.6 Å². The van der Waals surface area contributed by atoms with Crippen LogP contribution >= 0.6 is 11.6 Å². The number of rotatable bonds is 34. The molecule has 4 aromatic carbocycles. The second-order valence-electron chi connectivity index (χ2n) is 23.3. The first-order valence-corrected chi connectivity index (χ1v) is 31.5. The van der Waals surface area contributed by atoms with Gasteiger partial charge in [0.25, 0.3) is 5.91 Å². The van der Waals surface area contributed by atoms with Crippen LogP contribution in [0.3, 0.4) is 0 Å². The van der Waals surface area contributed by atoms with Crippen LogP contribution in [0.15, 0.2) is 164 Å². The summed E-state index contributed by atoms with van der Waals surface area (Å²) in [4.78, 5) is 141. The predicted molar refractivity (Wildman–Crippen MR) is 354 cm³/mol. The average Bonchev–Trinajstić information content (AvgIpc) is 0.881. The number of hydrogen-bond acceptors (Lipinski definition) is 14. The molecule has 7 aromatic rings. The van der Waals surface area contributed by atoms with Gasteiger partial charge < -0.3 is 57.6 Å². The highest BCUT2D eigenvalue weighted by molar-refractivity contribution is 6.30. The zero-order valence-electron chi connectivity index (χ0n) is 52.9. The number of nitrogens with zero attached hydrogens (tertiary/aromatic N) is 4. The highest BCUT2D eigenvalue weighted by Gasteiger charge is 2.37. The number of hydrogen-bond donors (Lipinski definition) is 10. The van der Waals surface area contributed by atoms with Crippen LogP contribution < -0.4 is 42.5 Å². The topological polar surface area (TPSA) is 332 Å². The molecule has 0 bridgehead atoms. The van der Waals surface area contributed by atoms with Gasteiger partial charge in [-0.05, 0) is 119 Å². The molecule has 23 nitrogen and oxygen atoms in total. The number of aromatic nitrogens is 3. The zero-order valence-corrected chi connectivity index (χ0v) is 53.7. The molecular weight excluding hydrogens is 1220 g/mol. The van der Waals surface area contributed by atoms with Gasteiger partial charge in [0.2, 0.25) is 47.3 Å². The predicted octanol–water partition coefficient (Wildman–Crippen LogP) is 4.41. The molecule has 10 N–H and O–H groups in total. The number of phenolic OH excluding ortho intramolecular Hbond substituents is 1. The SMILES string of the molecule is CC(=O)N[C@H](Cc1ccc2ccccc2c1)C(=O)N[C@H](Cc1ccc(Cl)cc1)C(=O)N[C@H](Cc1cccnc1)C(=O)N[C@@H](CO)C(=O)N(C)[C@@H](Cc1ccc(O)cc1)C(=O)N[C@H](CCCCNC(=O)c1cccnc1)C(=O)N[C@@H](CC(C)C)C(=O)NCCc1ccccn1. The molecule has 3 aromatic heterocycles. The molecule has 7 atom stereocenters. The van der Waals surface area contributed by atoms with Gasteiger partial charge in [-0.2, -0.15) is 0 Å². The van der Waals surface area contributed by atoms with Crippen molar-refractivity contribution >= 4 is 75.5 Å². The van der Waals surface area contributed by atoms with Crippen LogP contribution in [0.4, 0.5) is 0 Å². The number of likely N-dealkylation sites (N-methyl/N-ethyl adjacent to an activating group) is 1. The molecule has 0 aliphatic rings. The molecular formula is C70H81ClN12O11. The number of pyridine rings is 3. The fourth-order valence-corrected chi connectivity index (χ4v) is 10.6. The number of unbranched alkanes of at least 4 members (excludes halogenated alkanes) is 1. The first-order chi connectivity index (χ1) is 45.2. The van der Waals surface area contributed by atoms with E-state index in [4.69, 9.17) is 11.6 Å². The molecule has 494 valence electrons. The van der Waals surface area contributed by atoms with Crippen molar-refractivity contribution in [2.24, 2.45) is 5.92 Å².